The fraction of sp³-hybridized carbons (Fsp3) is 0.538. The van der Waals surface area contributed by atoms with E-state index in [4.69, 9.17) is 0 Å². The Morgan fingerprint density at radius 3 is 3.00 bits per heavy atom. The second kappa shape index (κ2) is 5.27. The third-order valence-electron chi connectivity index (χ3n) is 3.15. The molecule has 4 heteroatoms. The first kappa shape index (κ1) is 12.7. The lowest BCUT2D eigenvalue weighted by Gasteiger charge is -2.30. The average Bonchev–Trinajstić information content (AvgIpc) is 2.32. The second-order valence-corrected chi connectivity index (χ2v) is 6.32. The van der Waals surface area contributed by atoms with Crippen LogP contribution in [0.3, 0.4) is 0 Å². The first-order chi connectivity index (χ1) is 8.15. The van der Waals surface area contributed by atoms with E-state index in [1.165, 1.54) is 6.07 Å². The molecule has 0 saturated heterocycles. The lowest BCUT2D eigenvalue weighted by molar-refractivity contribution is 0.466. The number of halogens is 1. The molecule has 0 aromatic heterocycles. The van der Waals surface area contributed by atoms with Crippen LogP contribution in [0.5, 0.6) is 0 Å². The van der Waals surface area contributed by atoms with E-state index in [9.17, 15) is 8.60 Å². The molecule has 2 rings (SSSR count). The van der Waals surface area contributed by atoms with Gasteiger partial charge in [-0.15, -0.1) is 0 Å². The van der Waals surface area contributed by atoms with Gasteiger partial charge in [-0.3, -0.25) is 4.21 Å². The molecular formula is C13H18FNOS. The van der Waals surface area contributed by atoms with Crippen LogP contribution in [0.25, 0.3) is 0 Å². The minimum absolute atomic E-state index is 0.00811. The van der Waals surface area contributed by atoms with Crippen LogP contribution < -0.4 is 5.32 Å². The van der Waals surface area contributed by atoms with Gasteiger partial charge in [0.2, 0.25) is 0 Å². The Morgan fingerprint density at radius 2 is 2.29 bits per heavy atom. The van der Waals surface area contributed by atoms with Crippen LogP contribution in [0.1, 0.15) is 38.3 Å². The highest BCUT2D eigenvalue weighted by molar-refractivity contribution is 7.85. The van der Waals surface area contributed by atoms with Gasteiger partial charge in [-0.05, 0) is 31.0 Å². The van der Waals surface area contributed by atoms with Crippen molar-refractivity contribution in [1.29, 1.82) is 0 Å². The maximum absolute atomic E-state index is 13.8. The monoisotopic (exact) mass is 255 g/mol. The molecule has 3 unspecified atom stereocenters. The van der Waals surface area contributed by atoms with E-state index in [2.05, 4.69) is 12.2 Å². The highest BCUT2D eigenvalue weighted by Crippen LogP contribution is 2.35. The van der Waals surface area contributed by atoms with Gasteiger partial charge < -0.3 is 5.32 Å². The predicted molar refractivity (Wildman–Crippen MR) is 67.9 cm³/mol. The fourth-order valence-electron chi connectivity index (χ4n) is 2.27. The normalized spacial score (nSPS) is 27.8. The summed E-state index contributed by atoms with van der Waals surface area (Å²) in [5.41, 5.74) is 0.870. The summed E-state index contributed by atoms with van der Waals surface area (Å²) >= 11 is 0. The minimum atomic E-state index is -1.21. The maximum atomic E-state index is 13.8. The second-order valence-electron chi connectivity index (χ2n) is 4.51. The molecular weight excluding hydrogens is 237 g/mol. The van der Waals surface area contributed by atoms with Crippen LogP contribution in [0.2, 0.25) is 0 Å². The van der Waals surface area contributed by atoms with E-state index >= 15 is 0 Å². The Labute approximate surface area is 104 Å². The molecule has 3 atom stereocenters. The molecule has 1 aliphatic heterocycles. The molecule has 0 saturated carbocycles. The summed E-state index contributed by atoms with van der Waals surface area (Å²) in [5, 5.41) is 3.41. The number of benzene rings is 1. The van der Waals surface area contributed by atoms with Crippen LogP contribution in [0.4, 0.5) is 4.39 Å². The van der Waals surface area contributed by atoms with Gasteiger partial charge in [0.15, 0.2) is 0 Å². The summed E-state index contributed by atoms with van der Waals surface area (Å²) in [6, 6.07) is 5.11. The summed E-state index contributed by atoms with van der Waals surface area (Å²) < 4.78 is 25.9. The minimum Gasteiger partial charge on any atom is -0.310 e. The summed E-state index contributed by atoms with van der Waals surface area (Å²) in [7, 11) is -1.21. The van der Waals surface area contributed by atoms with Gasteiger partial charge in [0.25, 0.3) is 0 Å². The molecule has 0 radical (unpaired) electrons. The predicted octanol–water partition coefficient (Wildman–Crippen LogP) is 2.77. The quantitative estimate of drug-likeness (QED) is 0.900. The van der Waals surface area contributed by atoms with Crippen LogP contribution in [0.15, 0.2) is 23.1 Å². The van der Waals surface area contributed by atoms with Crippen LogP contribution >= 0.6 is 0 Å². The molecule has 17 heavy (non-hydrogen) atoms. The number of rotatable bonds is 3. The molecule has 1 N–H and O–H groups in total. The standard InChI is InChI=1S/C13H18FNOS/c1-3-7-15-12-8-9(2)17(16)13-10(12)5-4-6-11(13)14/h4-6,9,12,15H,3,7-8H2,1-2H3. The molecule has 1 aliphatic rings. The Kier molecular flexibility index (Phi) is 3.94. The van der Waals surface area contributed by atoms with Gasteiger partial charge in [-0.2, -0.15) is 0 Å². The summed E-state index contributed by atoms with van der Waals surface area (Å²) in [4.78, 5) is 0.403. The zero-order valence-electron chi connectivity index (χ0n) is 10.2. The van der Waals surface area contributed by atoms with E-state index in [0.29, 0.717) is 4.90 Å². The SMILES string of the molecule is CCCNC1CC(C)S(=O)c2c(F)cccc21. The van der Waals surface area contributed by atoms with Gasteiger partial charge in [0.05, 0.1) is 15.7 Å². The highest BCUT2D eigenvalue weighted by Gasteiger charge is 2.31. The summed E-state index contributed by atoms with van der Waals surface area (Å²) in [6.07, 6.45) is 1.85. The van der Waals surface area contributed by atoms with E-state index in [-0.39, 0.29) is 17.1 Å². The van der Waals surface area contributed by atoms with Crippen molar-refractivity contribution in [2.45, 2.75) is 42.9 Å². The number of fused-ring (bicyclic) bond motifs is 1. The molecule has 0 bridgehead atoms. The number of nitrogens with one attached hydrogen (secondary N) is 1. The first-order valence-corrected chi connectivity index (χ1v) is 7.28. The number of hydrogen-bond donors (Lipinski definition) is 1. The topological polar surface area (TPSA) is 29.1 Å². The largest absolute Gasteiger partial charge is 0.310 e. The van der Waals surface area contributed by atoms with Gasteiger partial charge in [0, 0.05) is 11.3 Å². The molecule has 1 heterocycles. The van der Waals surface area contributed by atoms with Crippen molar-refractivity contribution in [3.63, 3.8) is 0 Å². The van der Waals surface area contributed by atoms with E-state index in [1.807, 2.05) is 13.0 Å². The lowest BCUT2D eigenvalue weighted by Crippen LogP contribution is -2.32. The molecule has 2 nitrogen and oxygen atoms in total. The summed E-state index contributed by atoms with van der Waals surface area (Å²) in [5.74, 6) is -0.337. The molecule has 1 aromatic rings. The summed E-state index contributed by atoms with van der Waals surface area (Å²) in [6.45, 7) is 4.93. The van der Waals surface area contributed by atoms with Crippen molar-refractivity contribution in [3.05, 3.63) is 29.6 Å². The Morgan fingerprint density at radius 1 is 1.53 bits per heavy atom. The highest BCUT2D eigenvalue weighted by atomic mass is 32.2. The van der Waals surface area contributed by atoms with Crippen LogP contribution in [-0.2, 0) is 10.8 Å². The molecule has 0 spiro atoms. The van der Waals surface area contributed by atoms with Crippen molar-refractivity contribution in [3.8, 4) is 0 Å². The molecule has 0 aliphatic carbocycles. The van der Waals surface area contributed by atoms with E-state index in [1.54, 1.807) is 6.07 Å². The van der Waals surface area contributed by atoms with Gasteiger partial charge in [0.1, 0.15) is 5.82 Å². The van der Waals surface area contributed by atoms with Crippen molar-refractivity contribution < 1.29 is 8.60 Å². The smallest absolute Gasteiger partial charge is 0.139 e. The fourth-order valence-corrected chi connectivity index (χ4v) is 3.74. The lowest BCUT2D eigenvalue weighted by atomic mass is 10.0. The third kappa shape index (κ3) is 2.43. The van der Waals surface area contributed by atoms with Crippen molar-refractivity contribution in [1.82, 2.24) is 5.32 Å². The first-order valence-electron chi connectivity index (χ1n) is 6.07. The van der Waals surface area contributed by atoms with Gasteiger partial charge >= 0.3 is 0 Å². The number of hydrogen-bond acceptors (Lipinski definition) is 2. The van der Waals surface area contributed by atoms with Gasteiger partial charge in [-0.1, -0.05) is 26.0 Å². The third-order valence-corrected chi connectivity index (χ3v) is 4.90. The Balaban J connectivity index is 2.39. The zero-order chi connectivity index (χ0) is 12.4. The average molecular weight is 255 g/mol. The van der Waals surface area contributed by atoms with E-state index < -0.39 is 10.8 Å². The zero-order valence-corrected chi connectivity index (χ0v) is 11.0. The van der Waals surface area contributed by atoms with Crippen LogP contribution in [-0.4, -0.2) is 16.0 Å². The van der Waals surface area contributed by atoms with Crippen molar-refractivity contribution in [2.75, 3.05) is 6.54 Å². The Bertz CT molecular complexity index is 435. The van der Waals surface area contributed by atoms with Crippen LogP contribution in [0, 0.1) is 5.82 Å². The van der Waals surface area contributed by atoms with E-state index in [0.717, 1.165) is 24.9 Å². The van der Waals surface area contributed by atoms with Crippen molar-refractivity contribution in [2.24, 2.45) is 0 Å². The molecule has 94 valence electrons. The molecule has 0 fully saturated rings. The van der Waals surface area contributed by atoms with Crippen molar-refractivity contribution >= 4 is 10.8 Å². The molecule has 1 aromatic carbocycles. The molecule has 0 amide bonds. The maximum Gasteiger partial charge on any atom is 0.139 e. The Hall–Kier alpha value is -0.740. The van der Waals surface area contributed by atoms with Gasteiger partial charge in [-0.25, -0.2) is 4.39 Å².